The number of nitrogens with one attached hydrogen (secondary N) is 1. The first-order chi connectivity index (χ1) is 5.41. The quantitative estimate of drug-likeness (QED) is 0.533. The van der Waals surface area contributed by atoms with Crippen LogP contribution in [0.5, 0.6) is 0 Å². The number of hydrogen-bond donors (Lipinski definition) is 2. The van der Waals surface area contributed by atoms with Gasteiger partial charge in [-0.25, -0.2) is 9.78 Å². The molecule has 0 aliphatic heterocycles. The third-order valence-corrected chi connectivity index (χ3v) is 1.08. The predicted molar refractivity (Wildman–Crippen MR) is 31.7 cm³/mol. The van der Waals surface area contributed by atoms with Crippen LogP contribution in [0.15, 0.2) is 6.20 Å². The molecule has 8 heteroatoms. The van der Waals surface area contributed by atoms with Gasteiger partial charge in [-0.05, 0) is 0 Å². The van der Waals surface area contributed by atoms with E-state index in [1.54, 1.807) is 4.98 Å². The second-order valence-corrected chi connectivity index (χ2v) is 1.95. The Morgan fingerprint density at radius 3 is 2.38 bits per heavy atom. The van der Waals surface area contributed by atoms with Crippen molar-refractivity contribution >= 4 is 5.97 Å². The summed E-state index contributed by atoms with van der Waals surface area (Å²) in [6, 6.07) is 0. The molecule has 0 aromatic carbocycles. The Kier molecular flexibility index (Phi) is 3.95. The number of hydrogen-bond acceptors (Lipinski definition) is 2. The Bertz CT molecular complexity index is 314. The number of carbonyl (C=O) groups is 1. The Labute approximate surface area is 93.9 Å². The van der Waals surface area contributed by atoms with Crippen molar-refractivity contribution in [3.05, 3.63) is 17.7 Å². The zero-order valence-electron chi connectivity index (χ0n) is 7.51. The van der Waals surface area contributed by atoms with E-state index in [4.69, 9.17) is 5.11 Å². The number of aromatic amines is 1. The van der Waals surface area contributed by atoms with Crippen LogP contribution in [0.2, 0.25) is 0 Å². The molecule has 0 unspecified atom stereocenters. The molecule has 1 aromatic rings. The number of carboxylic acids is 1. The summed E-state index contributed by atoms with van der Waals surface area (Å²) in [5, 5.41) is 8.20. The molecule has 0 aliphatic rings. The van der Waals surface area contributed by atoms with Gasteiger partial charge in [0.1, 0.15) is 5.69 Å². The molecule has 1 aromatic heterocycles. The van der Waals surface area contributed by atoms with Gasteiger partial charge in [0.15, 0.2) is 0 Å². The monoisotopic (exact) mass is 204 g/mol. The molecule has 68 valence electrons. The van der Waals surface area contributed by atoms with E-state index < -0.39 is 23.7 Å². The van der Waals surface area contributed by atoms with E-state index in [0.29, 0.717) is 6.20 Å². The van der Waals surface area contributed by atoms with Gasteiger partial charge in [-0.1, -0.05) is 0 Å². The summed E-state index contributed by atoms with van der Waals surface area (Å²) < 4.78 is 35.4. The van der Waals surface area contributed by atoms with Crippen molar-refractivity contribution in [2.75, 3.05) is 0 Å². The molecule has 0 saturated heterocycles. The molecule has 1 rings (SSSR count). The number of aromatic carboxylic acids is 1. The van der Waals surface area contributed by atoms with Crippen LogP contribution < -0.4 is 29.6 Å². The molecule has 0 bridgehead atoms. The minimum absolute atomic E-state index is 0. The third-order valence-electron chi connectivity index (χ3n) is 1.08. The molecule has 0 fully saturated rings. The number of nitrogens with zero attached hydrogens (tertiary/aromatic N) is 1. The van der Waals surface area contributed by atoms with Crippen LogP contribution in [0.3, 0.4) is 0 Å². The fourth-order valence-electron chi connectivity index (χ4n) is 0.574. The van der Waals surface area contributed by atoms with Crippen molar-refractivity contribution in [3.63, 3.8) is 0 Å². The van der Waals surface area contributed by atoms with Gasteiger partial charge in [-0.2, -0.15) is 13.2 Å². The molecule has 2 N–H and O–H groups in total. The number of imidazole rings is 1. The van der Waals surface area contributed by atoms with E-state index in [1.165, 1.54) is 0 Å². The number of rotatable bonds is 1. The Balaban J connectivity index is 0. The van der Waals surface area contributed by atoms with E-state index in [2.05, 4.69) is 4.98 Å². The number of H-pyrrole nitrogens is 1. The molecule has 0 radical (unpaired) electrons. The molecule has 0 spiro atoms. The van der Waals surface area contributed by atoms with Crippen molar-refractivity contribution in [1.29, 1.82) is 0 Å². The maximum atomic E-state index is 11.8. The van der Waals surface area contributed by atoms with Crippen LogP contribution in [0, 0.1) is 0 Å². The molecular formula is C5H4F3N2NaO2. The average Bonchev–Trinajstić information content (AvgIpc) is 2.30. The maximum Gasteiger partial charge on any atom is 1.00 e. The first-order valence-electron chi connectivity index (χ1n) is 2.77. The van der Waals surface area contributed by atoms with Gasteiger partial charge in [0, 0.05) is 0 Å². The van der Waals surface area contributed by atoms with Gasteiger partial charge >= 0.3 is 41.7 Å². The fourth-order valence-corrected chi connectivity index (χ4v) is 0.574. The van der Waals surface area contributed by atoms with Crippen LogP contribution in [0.1, 0.15) is 17.7 Å². The molecule has 13 heavy (non-hydrogen) atoms. The number of carboxylic acid groups (broad SMARTS) is 1. The van der Waals surface area contributed by atoms with Crippen LogP contribution in [-0.4, -0.2) is 21.0 Å². The summed E-state index contributed by atoms with van der Waals surface area (Å²) in [7, 11) is 0. The normalized spacial score (nSPS) is 10.7. The second-order valence-electron chi connectivity index (χ2n) is 1.95. The van der Waals surface area contributed by atoms with Crippen molar-refractivity contribution in [1.82, 2.24) is 9.97 Å². The zero-order chi connectivity index (χ0) is 9.35. The van der Waals surface area contributed by atoms with Gasteiger partial charge in [-0.15, -0.1) is 0 Å². The summed E-state index contributed by atoms with van der Waals surface area (Å²) in [4.78, 5) is 14.7. The van der Waals surface area contributed by atoms with Crippen molar-refractivity contribution < 1.29 is 54.1 Å². The largest absolute Gasteiger partial charge is 1.00 e. The first-order valence-corrected chi connectivity index (χ1v) is 2.77. The third kappa shape index (κ3) is 3.02. The summed E-state index contributed by atoms with van der Waals surface area (Å²) in [6.45, 7) is 0. The van der Waals surface area contributed by atoms with Gasteiger partial charge < -0.3 is 11.5 Å². The van der Waals surface area contributed by atoms with Gasteiger partial charge in [0.2, 0.25) is 5.82 Å². The van der Waals surface area contributed by atoms with Gasteiger partial charge in [0.05, 0.1) is 6.20 Å². The second kappa shape index (κ2) is 4.12. The Hall–Kier alpha value is -0.530. The van der Waals surface area contributed by atoms with E-state index in [1.807, 2.05) is 0 Å². The molecule has 0 saturated carbocycles. The Morgan fingerprint density at radius 1 is 1.62 bits per heavy atom. The summed E-state index contributed by atoms with van der Waals surface area (Å²) in [5.41, 5.74) is -1.17. The minimum Gasteiger partial charge on any atom is -1.00 e. The van der Waals surface area contributed by atoms with Crippen LogP contribution in [0.4, 0.5) is 13.2 Å². The smallest absolute Gasteiger partial charge is 1.00 e. The molecule has 0 atom stereocenters. The number of halogens is 3. The molecule has 1 heterocycles. The number of alkyl halides is 3. The first kappa shape index (κ1) is 12.5. The van der Waals surface area contributed by atoms with Crippen molar-refractivity contribution in [2.45, 2.75) is 6.18 Å². The molecular weight excluding hydrogens is 200 g/mol. The van der Waals surface area contributed by atoms with Crippen LogP contribution in [-0.2, 0) is 6.18 Å². The summed E-state index contributed by atoms with van der Waals surface area (Å²) in [5.74, 6) is -2.24. The molecule has 0 amide bonds. The maximum absolute atomic E-state index is 11.8. The van der Waals surface area contributed by atoms with Crippen LogP contribution in [0.25, 0.3) is 0 Å². The molecule has 4 nitrogen and oxygen atoms in total. The van der Waals surface area contributed by atoms with E-state index in [0.717, 1.165) is 0 Å². The number of aromatic nitrogens is 2. The predicted octanol–water partition coefficient (Wildman–Crippen LogP) is -1.76. The summed E-state index contributed by atoms with van der Waals surface area (Å²) >= 11 is 0. The summed E-state index contributed by atoms with van der Waals surface area (Å²) in [6.07, 6.45) is -4.15. The topological polar surface area (TPSA) is 66.0 Å². The Morgan fingerprint density at radius 2 is 2.15 bits per heavy atom. The van der Waals surface area contributed by atoms with Crippen LogP contribution >= 0.6 is 0 Å². The van der Waals surface area contributed by atoms with Crippen molar-refractivity contribution in [2.24, 2.45) is 0 Å². The van der Waals surface area contributed by atoms with Crippen molar-refractivity contribution in [3.8, 4) is 0 Å². The SMILES string of the molecule is O=C(O)c1ncc(C(F)(F)F)[nH]1.[H-].[Na+]. The van der Waals surface area contributed by atoms with Gasteiger partial charge in [0.25, 0.3) is 0 Å². The van der Waals surface area contributed by atoms with Gasteiger partial charge in [-0.3, -0.25) is 0 Å². The average molecular weight is 204 g/mol. The van der Waals surface area contributed by atoms with E-state index in [-0.39, 0.29) is 31.0 Å². The minimum atomic E-state index is -4.58. The van der Waals surface area contributed by atoms with E-state index >= 15 is 0 Å². The standard InChI is InChI=1S/C5H3F3N2O2.Na.H/c6-5(7,8)2-1-9-3(10-2)4(11)12;;/h1H,(H,9,10)(H,11,12);;/q;+1;-1. The zero-order valence-corrected chi connectivity index (χ0v) is 8.51. The van der Waals surface area contributed by atoms with E-state index in [9.17, 15) is 18.0 Å². The molecule has 0 aliphatic carbocycles. The fraction of sp³-hybridized carbons (Fsp3) is 0.200.